The highest BCUT2D eigenvalue weighted by atomic mass is 32.1. The fraction of sp³-hybridized carbons (Fsp3) is 0.455. The first kappa shape index (κ1) is 20.4. The number of hydrogen-bond acceptors (Lipinski definition) is 5. The molecule has 1 aliphatic heterocycles. The summed E-state index contributed by atoms with van der Waals surface area (Å²) >= 11 is 1.45. The van der Waals surface area contributed by atoms with Gasteiger partial charge in [0.05, 0.1) is 17.4 Å². The molecule has 2 aromatic rings. The summed E-state index contributed by atoms with van der Waals surface area (Å²) in [7, 11) is 0. The Morgan fingerprint density at radius 1 is 1.18 bits per heavy atom. The average Bonchev–Trinajstić information content (AvgIpc) is 3.16. The number of likely N-dealkylation sites (tertiary alicyclic amines) is 1. The van der Waals surface area contributed by atoms with Crippen molar-refractivity contribution < 1.29 is 19.1 Å². The second-order valence-electron chi connectivity index (χ2n) is 7.20. The van der Waals surface area contributed by atoms with Crippen molar-refractivity contribution in [3.8, 4) is 5.75 Å². The minimum atomic E-state index is -0.142. The summed E-state index contributed by atoms with van der Waals surface area (Å²) in [5, 5.41) is 1.97. The lowest BCUT2D eigenvalue weighted by Gasteiger charge is -2.30. The molecule has 0 aliphatic carbocycles. The van der Waals surface area contributed by atoms with Crippen molar-refractivity contribution in [3.05, 3.63) is 51.2 Å². The molecule has 1 aromatic heterocycles. The van der Waals surface area contributed by atoms with Crippen molar-refractivity contribution in [1.82, 2.24) is 4.90 Å². The van der Waals surface area contributed by atoms with Gasteiger partial charge in [0.2, 0.25) is 0 Å². The molecule has 2 heterocycles. The van der Waals surface area contributed by atoms with E-state index in [1.165, 1.54) is 16.9 Å². The normalized spacial score (nSPS) is 14.8. The fourth-order valence-electron chi connectivity index (χ4n) is 3.42. The molecule has 0 spiro atoms. The van der Waals surface area contributed by atoms with Crippen LogP contribution < -0.4 is 4.74 Å². The fourth-order valence-corrected chi connectivity index (χ4v) is 4.28. The summed E-state index contributed by atoms with van der Waals surface area (Å²) in [5.41, 5.74) is 3.31. The van der Waals surface area contributed by atoms with Crippen LogP contribution in [0.3, 0.4) is 0 Å². The van der Waals surface area contributed by atoms with Gasteiger partial charge >= 0.3 is 5.97 Å². The van der Waals surface area contributed by atoms with E-state index < -0.39 is 0 Å². The zero-order valence-electron chi connectivity index (χ0n) is 16.7. The highest BCUT2D eigenvalue weighted by Gasteiger charge is 2.29. The number of hydrogen-bond donors (Lipinski definition) is 0. The molecule has 0 N–H and O–H groups in total. The van der Waals surface area contributed by atoms with Crippen LogP contribution in [0.25, 0.3) is 0 Å². The van der Waals surface area contributed by atoms with E-state index in [1.54, 1.807) is 0 Å². The summed E-state index contributed by atoms with van der Waals surface area (Å²) < 4.78 is 11.0. The maximum atomic E-state index is 12.8. The van der Waals surface area contributed by atoms with Crippen molar-refractivity contribution >= 4 is 23.2 Å². The van der Waals surface area contributed by atoms with Crippen LogP contribution in [0, 0.1) is 19.8 Å². The number of esters is 1. The lowest BCUT2D eigenvalue weighted by Crippen LogP contribution is -2.40. The molecular weight excluding hydrogens is 374 g/mol. The van der Waals surface area contributed by atoms with E-state index in [9.17, 15) is 9.59 Å². The van der Waals surface area contributed by atoms with Gasteiger partial charge in [-0.1, -0.05) is 17.7 Å². The van der Waals surface area contributed by atoms with Gasteiger partial charge in [-0.2, -0.15) is 0 Å². The molecule has 0 unspecified atom stereocenters. The molecule has 150 valence electrons. The number of nitrogens with zero attached hydrogens (tertiary/aromatic N) is 1. The quantitative estimate of drug-likeness (QED) is 0.675. The first-order valence-corrected chi connectivity index (χ1v) is 10.6. The van der Waals surface area contributed by atoms with E-state index >= 15 is 0 Å². The third-order valence-electron chi connectivity index (χ3n) is 4.99. The Kier molecular flexibility index (Phi) is 6.73. The van der Waals surface area contributed by atoms with Crippen molar-refractivity contribution in [2.45, 2.75) is 40.2 Å². The van der Waals surface area contributed by atoms with Crippen LogP contribution in [0.5, 0.6) is 5.75 Å². The van der Waals surface area contributed by atoms with Gasteiger partial charge in [0, 0.05) is 18.7 Å². The summed E-state index contributed by atoms with van der Waals surface area (Å²) in [5.74, 6) is 0.668. The first-order chi connectivity index (χ1) is 13.5. The second-order valence-corrected chi connectivity index (χ2v) is 8.11. The van der Waals surface area contributed by atoms with Crippen molar-refractivity contribution in [3.63, 3.8) is 0 Å². The first-order valence-electron chi connectivity index (χ1n) is 9.71. The number of rotatable bonds is 6. The van der Waals surface area contributed by atoms with Crippen LogP contribution in [-0.4, -0.2) is 36.5 Å². The predicted molar refractivity (Wildman–Crippen MR) is 110 cm³/mol. The molecule has 28 heavy (non-hydrogen) atoms. The number of piperidine rings is 1. The van der Waals surface area contributed by atoms with Gasteiger partial charge in [-0.3, -0.25) is 9.59 Å². The minimum Gasteiger partial charge on any atom is -0.489 e. The molecule has 0 atom stereocenters. The Bertz CT molecular complexity index is 837. The third-order valence-corrected chi connectivity index (χ3v) is 5.96. The highest BCUT2D eigenvalue weighted by Crippen LogP contribution is 2.25. The van der Waals surface area contributed by atoms with E-state index in [-0.39, 0.29) is 17.8 Å². The maximum absolute atomic E-state index is 12.8. The monoisotopic (exact) mass is 401 g/mol. The third kappa shape index (κ3) is 4.93. The van der Waals surface area contributed by atoms with E-state index in [2.05, 4.69) is 13.0 Å². The second kappa shape index (κ2) is 9.24. The van der Waals surface area contributed by atoms with Crippen LogP contribution in [0.4, 0.5) is 0 Å². The summed E-state index contributed by atoms with van der Waals surface area (Å²) in [6.45, 7) is 7.94. The summed E-state index contributed by atoms with van der Waals surface area (Å²) in [6.07, 6.45) is 1.33. The Balaban J connectivity index is 1.53. The molecule has 0 bridgehead atoms. The summed E-state index contributed by atoms with van der Waals surface area (Å²) in [6, 6.07) is 8.02. The van der Waals surface area contributed by atoms with Crippen LogP contribution in [0.1, 0.15) is 46.1 Å². The number of thiophene rings is 1. The van der Waals surface area contributed by atoms with E-state index in [1.807, 2.05) is 42.3 Å². The molecule has 1 fully saturated rings. The smallest absolute Gasteiger partial charge is 0.309 e. The molecule has 1 aliphatic rings. The van der Waals surface area contributed by atoms with Crippen LogP contribution >= 0.6 is 11.3 Å². The molecule has 1 saturated heterocycles. The molecular formula is C22H27NO4S. The zero-order valence-corrected chi connectivity index (χ0v) is 17.5. The lowest BCUT2D eigenvalue weighted by atomic mass is 9.97. The molecule has 5 nitrogen and oxygen atoms in total. The average molecular weight is 402 g/mol. The van der Waals surface area contributed by atoms with Gasteiger partial charge in [0.25, 0.3) is 5.91 Å². The number of aryl methyl sites for hydroxylation is 2. The van der Waals surface area contributed by atoms with Gasteiger partial charge in [-0.25, -0.2) is 0 Å². The Hall–Kier alpha value is -2.34. The van der Waals surface area contributed by atoms with Gasteiger partial charge in [-0.15, -0.1) is 11.3 Å². The van der Waals surface area contributed by atoms with E-state index in [0.717, 1.165) is 16.9 Å². The predicted octanol–water partition coefficient (Wildman–Crippen LogP) is 4.36. The van der Waals surface area contributed by atoms with Crippen LogP contribution in [-0.2, 0) is 16.1 Å². The zero-order chi connectivity index (χ0) is 20.1. The molecule has 6 heteroatoms. The number of carbonyl (C=O) groups excluding carboxylic acids is 2. The standard InChI is InChI=1S/C22H27NO4S/c1-4-26-22(25)18-7-9-23(10-8-18)21(24)20-12-17(14-28-20)13-27-19-6-5-15(2)11-16(19)3/h5-6,11-12,14,18H,4,7-10,13H2,1-3H3. The Labute approximate surface area is 170 Å². The van der Waals surface area contributed by atoms with Crippen molar-refractivity contribution in [1.29, 1.82) is 0 Å². The number of carbonyl (C=O) groups is 2. The van der Waals surface area contributed by atoms with Crippen LogP contribution in [0.15, 0.2) is 29.6 Å². The Morgan fingerprint density at radius 3 is 2.61 bits per heavy atom. The van der Waals surface area contributed by atoms with Gasteiger partial charge in [-0.05, 0) is 56.7 Å². The largest absolute Gasteiger partial charge is 0.489 e. The topological polar surface area (TPSA) is 55.8 Å². The number of benzene rings is 1. The van der Waals surface area contributed by atoms with Gasteiger partial charge < -0.3 is 14.4 Å². The minimum absolute atomic E-state index is 0.0325. The summed E-state index contributed by atoms with van der Waals surface area (Å²) in [4.78, 5) is 27.1. The molecule has 0 saturated carbocycles. The molecule has 1 aromatic carbocycles. The van der Waals surface area contributed by atoms with Crippen molar-refractivity contribution in [2.24, 2.45) is 5.92 Å². The van der Waals surface area contributed by atoms with Gasteiger partial charge in [0.15, 0.2) is 0 Å². The molecule has 1 amide bonds. The molecule has 3 rings (SSSR count). The van der Waals surface area contributed by atoms with Crippen LogP contribution in [0.2, 0.25) is 0 Å². The number of ether oxygens (including phenoxy) is 2. The molecule has 0 radical (unpaired) electrons. The number of amides is 1. The Morgan fingerprint density at radius 2 is 1.93 bits per heavy atom. The maximum Gasteiger partial charge on any atom is 0.309 e. The van der Waals surface area contributed by atoms with Crippen molar-refractivity contribution in [2.75, 3.05) is 19.7 Å². The highest BCUT2D eigenvalue weighted by molar-refractivity contribution is 7.12. The van der Waals surface area contributed by atoms with E-state index in [4.69, 9.17) is 9.47 Å². The SMILES string of the molecule is CCOC(=O)C1CCN(C(=O)c2cc(COc3ccc(C)cc3C)cs2)CC1. The van der Waals surface area contributed by atoms with E-state index in [0.29, 0.717) is 44.0 Å². The lowest BCUT2D eigenvalue weighted by molar-refractivity contribution is -0.149. The van der Waals surface area contributed by atoms with Gasteiger partial charge in [0.1, 0.15) is 12.4 Å².